The van der Waals surface area contributed by atoms with Gasteiger partial charge < -0.3 is 15.4 Å². The Kier molecular flexibility index (Phi) is 9.80. The van der Waals surface area contributed by atoms with E-state index in [4.69, 9.17) is 17.0 Å². The molecule has 0 saturated heterocycles. The average Bonchev–Trinajstić information content (AvgIpc) is 2.76. The summed E-state index contributed by atoms with van der Waals surface area (Å²) in [5.74, 6) is 0.242. The summed E-state index contributed by atoms with van der Waals surface area (Å²) in [6.45, 7) is 2.71. The molecule has 2 amide bonds. The molecular weight excluding hydrogens is 398 g/mol. The quantitative estimate of drug-likeness (QED) is 0.394. The number of unbranched alkanes of at least 4 members (excludes halogenated alkanes) is 2. The summed E-state index contributed by atoms with van der Waals surface area (Å²) in [6.07, 6.45) is 4.26. The number of carbonyl (C=O) groups excluding carboxylic acids is 2. The number of aryl methyl sites for hydroxylation is 1. The summed E-state index contributed by atoms with van der Waals surface area (Å²) in [5, 5.41) is 8.52. The number of amides is 2. The maximum atomic E-state index is 12.6. The summed E-state index contributed by atoms with van der Waals surface area (Å²) in [6, 6.07) is 14.7. The fraction of sp³-hybridized carbons (Fsp3) is 0.348. The third-order valence-corrected chi connectivity index (χ3v) is 4.70. The Balaban J connectivity index is 1.89. The average molecular weight is 428 g/mol. The van der Waals surface area contributed by atoms with Gasteiger partial charge in [0.25, 0.3) is 5.91 Å². The topological polar surface area (TPSA) is 79.5 Å². The highest BCUT2D eigenvalue weighted by Gasteiger charge is 2.13. The van der Waals surface area contributed by atoms with Crippen LogP contribution in [0, 0.1) is 0 Å². The Morgan fingerprint density at radius 3 is 2.47 bits per heavy atom. The second kappa shape index (κ2) is 12.6. The Hall–Kier alpha value is -2.93. The molecule has 0 saturated carbocycles. The molecule has 0 unspecified atom stereocenters. The highest BCUT2D eigenvalue weighted by Crippen LogP contribution is 2.18. The van der Waals surface area contributed by atoms with Crippen LogP contribution in [-0.4, -0.2) is 30.6 Å². The molecule has 0 atom stereocenters. The largest absolute Gasteiger partial charge is 0.493 e. The van der Waals surface area contributed by atoms with Gasteiger partial charge in [0, 0.05) is 19.2 Å². The predicted molar refractivity (Wildman–Crippen MR) is 124 cm³/mol. The van der Waals surface area contributed by atoms with E-state index >= 15 is 0 Å². The van der Waals surface area contributed by atoms with Gasteiger partial charge in [-0.2, -0.15) is 0 Å². The number of benzene rings is 2. The van der Waals surface area contributed by atoms with Gasteiger partial charge in [0.2, 0.25) is 5.91 Å². The van der Waals surface area contributed by atoms with Crippen LogP contribution in [0.4, 0.5) is 5.69 Å². The van der Waals surface area contributed by atoms with Gasteiger partial charge in [-0.05, 0) is 54.9 Å². The van der Waals surface area contributed by atoms with Crippen LogP contribution < -0.4 is 20.7 Å². The fourth-order valence-electron chi connectivity index (χ4n) is 2.78. The normalized spacial score (nSPS) is 10.2. The van der Waals surface area contributed by atoms with Crippen molar-refractivity contribution in [2.24, 2.45) is 0 Å². The Labute approximate surface area is 183 Å². The zero-order valence-electron chi connectivity index (χ0n) is 17.5. The van der Waals surface area contributed by atoms with Crippen LogP contribution >= 0.6 is 12.2 Å². The van der Waals surface area contributed by atoms with Gasteiger partial charge in [-0.15, -0.1) is 0 Å². The smallest absolute Gasteiger partial charge is 0.261 e. The highest BCUT2D eigenvalue weighted by atomic mass is 32.1. The van der Waals surface area contributed by atoms with Crippen LogP contribution in [-0.2, 0) is 11.2 Å². The summed E-state index contributed by atoms with van der Waals surface area (Å²) in [4.78, 5) is 24.0. The van der Waals surface area contributed by atoms with Crippen molar-refractivity contribution in [3.63, 3.8) is 0 Å². The van der Waals surface area contributed by atoms with Crippen LogP contribution in [0.3, 0.4) is 0 Å². The second-order valence-corrected chi connectivity index (χ2v) is 7.24. The van der Waals surface area contributed by atoms with Crippen molar-refractivity contribution in [1.82, 2.24) is 10.6 Å². The lowest BCUT2D eigenvalue weighted by molar-refractivity contribution is -0.120. The maximum Gasteiger partial charge on any atom is 0.261 e. The Morgan fingerprint density at radius 2 is 1.77 bits per heavy atom. The van der Waals surface area contributed by atoms with E-state index in [1.165, 1.54) is 0 Å². The molecule has 2 aromatic rings. The minimum absolute atomic E-state index is 0.00992. The standard InChI is InChI=1S/C23H29N3O3S/c1-3-4-7-16-29-20-9-6-5-8-19(20)22(28)26-23(30)25-18-13-10-17(11-14-18)12-15-21(27)24-2/h5-6,8-11,13-14H,3-4,7,12,15-16H2,1-2H3,(H,24,27)(H2,25,26,28,30). The first-order chi connectivity index (χ1) is 14.5. The van der Waals surface area contributed by atoms with E-state index in [-0.39, 0.29) is 16.9 Å². The monoisotopic (exact) mass is 427 g/mol. The van der Waals surface area contributed by atoms with Crippen molar-refractivity contribution >= 4 is 34.8 Å². The lowest BCUT2D eigenvalue weighted by Crippen LogP contribution is -2.34. The molecule has 2 rings (SSSR count). The molecule has 160 valence electrons. The Morgan fingerprint density at radius 1 is 1.03 bits per heavy atom. The van der Waals surface area contributed by atoms with Gasteiger partial charge in [0.15, 0.2) is 5.11 Å². The first-order valence-corrected chi connectivity index (χ1v) is 10.6. The van der Waals surface area contributed by atoms with Gasteiger partial charge in [0.05, 0.1) is 12.2 Å². The van der Waals surface area contributed by atoms with E-state index < -0.39 is 0 Å². The molecule has 7 heteroatoms. The van der Waals surface area contributed by atoms with Crippen LogP contribution in [0.15, 0.2) is 48.5 Å². The lowest BCUT2D eigenvalue weighted by Gasteiger charge is -2.13. The molecule has 6 nitrogen and oxygen atoms in total. The van der Waals surface area contributed by atoms with E-state index in [0.29, 0.717) is 30.8 Å². The molecule has 0 heterocycles. The molecule has 0 aliphatic heterocycles. The van der Waals surface area contributed by atoms with Crippen molar-refractivity contribution in [3.8, 4) is 5.75 Å². The summed E-state index contributed by atoms with van der Waals surface area (Å²) in [7, 11) is 1.63. The second-order valence-electron chi connectivity index (χ2n) is 6.83. The molecule has 0 aromatic heterocycles. The summed E-state index contributed by atoms with van der Waals surface area (Å²) < 4.78 is 5.77. The van der Waals surface area contributed by atoms with Crippen LogP contribution in [0.25, 0.3) is 0 Å². The van der Waals surface area contributed by atoms with Gasteiger partial charge in [-0.25, -0.2) is 0 Å². The SMILES string of the molecule is CCCCCOc1ccccc1C(=O)NC(=S)Nc1ccc(CCC(=O)NC)cc1. The van der Waals surface area contributed by atoms with E-state index in [1.807, 2.05) is 30.3 Å². The van der Waals surface area contributed by atoms with Crippen molar-refractivity contribution in [3.05, 3.63) is 59.7 Å². The maximum absolute atomic E-state index is 12.6. The number of ether oxygens (including phenoxy) is 1. The number of hydrogen-bond acceptors (Lipinski definition) is 4. The molecule has 0 aliphatic rings. The first kappa shape index (κ1) is 23.3. The van der Waals surface area contributed by atoms with Crippen molar-refractivity contribution in [2.45, 2.75) is 39.0 Å². The van der Waals surface area contributed by atoms with Crippen molar-refractivity contribution < 1.29 is 14.3 Å². The van der Waals surface area contributed by atoms with E-state index in [9.17, 15) is 9.59 Å². The van der Waals surface area contributed by atoms with Crippen LogP contribution in [0.2, 0.25) is 0 Å². The molecule has 0 fully saturated rings. The molecule has 3 N–H and O–H groups in total. The first-order valence-electron chi connectivity index (χ1n) is 10.2. The van der Waals surface area contributed by atoms with Gasteiger partial charge in [0.1, 0.15) is 5.75 Å². The number of para-hydroxylation sites is 1. The molecular formula is C23H29N3O3S. The number of hydrogen-bond donors (Lipinski definition) is 3. The van der Waals surface area contributed by atoms with Crippen LogP contribution in [0.1, 0.15) is 48.5 Å². The molecule has 0 spiro atoms. The van der Waals surface area contributed by atoms with Crippen LogP contribution in [0.5, 0.6) is 5.75 Å². The molecule has 0 radical (unpaired) electrons. The number of rotatable bonds is 10. The zero-order chi connectivity index (χ0) is 21.8. The molecule has 0 bridgehead atoms. The van der Waals surface area contributed by atoms with Crippen molar-refractivity contribution in [2.75, 3.05) is 19.0 Å². The zero-order valence-corrected chi connectivity index (χ0v) is 18.3. The molecule has 0 aliphatic carbocycles. The van der Waals surface area contributed by atoms with E-state index in [0.717, 1.165) is 30.5 Å². The van der Waals surface area contributed by atoms with Gasteiger partial charge >= 0.3 is 0 Å². The van der Waals surface area contributed by atoms with Crippen molar-refractivity contribution in [1.29, 1.82) is 0 Å². The minimum atomic E-state index is -0.319. The van der Waals surface area contributed by atoms with E-state index in [2.05, 4.69) is 22.9 Å². The number of anilines is 1. The van der Waals surface area contributed by atoms with Gasteiger partial charge in [-0.1, -0.05) is 44.0 Å². The molecule has 2 aromatic carbocycles. The third kappa shape index (κ3) is 7.83. The highest BCUT2D eigenvalue weighted by molar-refractivity contribution is 7.80. The fourth-order valence-corrected chi connectivity index (χ4v) is 3.00. The number of nitrogens with one attached hydrogen (secondary N) is 3. The third-order valence-electron chi connectivity index (χ3n) is 4.50. The number of carbonyl (C=O) groups is 2. The molecule has 30 heavy (non-hydrogen) atoms. The summed E-state index contributed by atoms with van der Waals surface area (Å²) in [5.41, 5.74) is 2.25. The lowest BCUT2D eigenvalue weighted by atomic mass is 10.1. The summed E-state index contributed by atoms with van der Waals surface area (Å²) >= 11 is 5.27. The predicted octanol–water partition coefficient (Wildman–Crippen LogP) is 4.06. The van der Waals surface area contributed by atoms with E-state index in [1.54, 1.807) is 25.2 Å². The van der Waals surface area contributed by atoms with Gasteiger partial charge in [-0.3, -0.25) is 14.9 Å². The minimum Gasteiger partial charge on any atom is -0.493 e. The Bertz CT molecular complexity index is 853. The number of thiocarbonyl (C=S) groups is 1.